The van der Waals surface area contributed by atoms with Gasteiger partial charge in [0.25, 0.3) is 0 Å². The van der Waals surface area contributed by atoms with E-state index in [0.29, 0.717) is 23.8 Å². The number of rotatable bonds is 7. The Hall–Kier alpha value is -3.49. The van der Waals surface area contributed by atoms with E-state index in [4.69, 9.17) is 4.74 Å². The highest BCUT2D eigenvalue weighted by Crippen LogP contribution is 2.45. The van der Waals surface area contributed by atoms with E-state index >= 15 is 0 Å². The Morgan fingerprint density at radius 3 is 2.06 bits per heavy atom. The summed E-state index contributed by atoms with van der Waals surface area (Å²) in [5.74, 6) is -9.25. The molecule has 3 aromatic rings. The Bertz CT molecular complexity index is 1170. The number of hydrogen-bond donors (Lipinski definition) is 1. The van der Waals surface area contributed by atoms with E-state index in [2.05, 4.69) is 0 Å². The van der Waals surface area contributed by atoms with Crippen molar-refractivity contribution in [3.8, 4) is 22.6 Å². The lowest BCUT2D eigenvalue weighted by molar-refractivity contribution is -0.140. The van der Waals surface area contributed by atoms with Gasteiger partial charge in [0, 0.05) is 12.1 Å². The molecule has 0 aromatic heterocycles. The highest BCUT2D eigenvalue weighted by Gasteiger charge is 2.37. The number of halogens is 6. The number of aliphatic carboxylic acids is 1. The van der Waals surface area contributed by atoms with E-state index in [1.165, 1.54) is 0 Å². The Labute approximate surface area is 191 Å². The van der Waals surface area contributed by atoms with Gasteiger partial charge in [-0.25, -0.2) is 13.2 Å². The molecule has 1 unspecified atom stereocenters. The fraction of sp³-hybridized carbons (Fsp3) is 0.240. The minimum Gasteiger partial charge on any atom is -0.481 e. The molecular weight excluding hydrogens is 462 g/mol. The number of hydrogen-bond acceptors (Lipinski definition) is 2. The maximum absolute atomic E-state index is 14.0. The zero-order valence-electron chi connectivity index (χ0n) is 18.1. The van der Waals surface area contributed by atoms with Gasteiger partial charge < -0.3 is 9.84 Å². The third kappa shape index (κ3) is 5.52. The smallest absolute Gasteiger partial charge is 0.419 e. The van der Waals surface area contributed by atoms with Crippen LogP contribution in [-0.4, -0.2) is 11.1 Å². The second kappa shape index (κ2) is 9.79. The zero-order valence-corrected chi connectivity index (χ0v) is 18.1. The molecule has 0 spiro atoms. The van der Waals surface area contributed by atoms with Gasteiger partial charge in [-0.3, -0.25) is 4.79 Å². The first-order chi connectivity index (χ1) is 15.9. The van der Waals surface area contributed by atoms with Crippen molar-refractivity contribution in [2.24, 2.45) is 5.92 Å². The van der Waals surface area contributed by atoms with Crippen LogP contribution >= 0.6 is 0 Å². The average molecular weight is 482 g/mol. The molecule has 3 rings (SSSR count). The van der Waals surface area contributed by atoms with Crippen LogP contribution < -0.4 is 4.74 Å². The summed E-state index contributed by atoms with van der Waals surface area (Å²) in [6, 6.07) is 10.6. The Morgan fingerprint density at radius 2 is 1.56 bits per heavy atom. The van der Waals surface area contributed by atoms with Crippen LogP contribution in [0.25, 0.3) is 11.1 Å². The third-order valence-corrected chi connectivity index (χ3v) is 5.11. The molecule has 1 N–H and O–H groups in total. The van der Waals surface area contributed by atoms with Crippen molar-refractivity contribution in [1.82, 2.24) is 0 Å². The van der Waals surface area contributed by atoms with Gasteiger partial charge in [0.1, 0.15) is 11.5 Å². The highest BCUT2D eigenvalue weighted by molar-refractivity contribution is 5.82. The lowest BCUT2D eigenvalue weighted by Crippen LogP contribution is -2.17. The van der Waals surface area contributed by atoms with Crippen LogP contribution in [0.4, 0.5) is 26.3 Å². The van der Waals surface area contributed by atoms with Crippen molar-refractivity contribution in [3.05, 3.63) is 83.2 Å². The fourth-order valence-electron chi connectivity index (χ4n) is 3.61. The van der Waals surface area contributed by atoms with Crippen LogP contribution in [0.15, 0.2) is 54.6 Å². The predicted molar refractivity (Wildman–Crippen MR) is 113 cm³/mol. The van der Waals surface area contributed by atoms with Gasteiger partial charge in [0.05, 0.1) is 11.5 Å². The lowest BCUT2D eigenvalue weighted by atomic mass is 9.84. The van der Waals surface area contributed by atoms with Gasteiger partial charge in [0.15, 0.2) is 17.5 Å². The molecule has 0 aliphatic carbocycles. The maximum Gasteiger partial charge on any atom is 0.419 e. The normalized spacial score (nSPS) is 12.6. The number of carboxylic acids is 1. The molecule has 0 fully saturated rings. The van der Waals surface area contributed by atoms with Gasteiger partial charge in [-0.15, -0.1) is 0 Å². The lowest BCUT2D eigenvalue weighted by Gasteiger charge is -2.23. The summed E-state index contributed by atoms with van der Waals surface area (Å²) in [7, 11) is 0. The fourth-order valence-corrected chi connectivity index (χ4v) is 3.61. The number of benzene rings is 3. The molecule has 0 saturated carbocycles. The summed E-state index contributed by atoms with van der Waals surface area (Å²) in [6.07, 6.45) is -4.92. The van der Waals surface area contributed by atoms with Crippen molar-refractivity contribution >= 4 is 5.97 Å². The molecule has 3 aromatic carbocycles. The molecule has 9 heteroatoms. The minimum atomic E-state index is -4.99. The monoisotopic (exact) mass is 482 g/mol. The average Bonchev–Trinajstić information content (AvgIpc) is 2.75. The number of carbonyl (C=O) groups is 1. The van der Waals surface area contributed by atoms with E-state index in [1.807, 2.05) is 0 Å². The standard InChI is InChI=1S/C25H20F6O3/c1-13(2)8-18(24(32)33)17-11-19(25(29,30)31)22(12-16(17)14-6-4-3-5-7-14)34-15-9-20(26)23(28)21(27)10-15/h3-7,9-13,18H,8H2,1-2H3,(H,32,33). The molecule has 0 aliphatic heterocycles. The third-order valence-electron chi connectivity index (χ3n) is 5.11. The number of carboxylic acid groups (broad SMARTS) is 1. The van der Waals surface area contributed by atoms with Gasteiger partial charge in [-0.1, -0.05) is 44.2 Å². The van der Waals surface area contributed by atoms with E-state index in [1.54, 1.807) is 44.2 Å². The van der Waals surface area contributed by atoms with Crippen molar-refractivity contribution < 1.29 is 41.0 Å². The molecule has 180 valence electrons. The summed E-state index contributed by atoms with van der Waals surface area (Å²) in [5.41, 5.74) is -0.840. The largest absolute Gasteiger partial charge is 0.481 e. The molecule has 1 atom stereocenters. The van der Waals surface area contributed by atoms with Crippen molar-refractivity contribution in [2.75, 3.05) is 0 Å². The van der Waals surface area contributed by atoms with Crippen molar-refractivity contribution in [1.29, 1.82) is 0 Å². The second-order valence-corrected chi connectivity index (χ2v) is 8.12. The molecule has 0 saturated heterocycles. The van der Waals surface area contributed by atoms with Crippen LogP contribution in [0.5, 0.6) is 11.5 Å². The minimum absolute atomic E-state index is 0.0705. The van der Waals surface area contributed by atoms with Crippen LogP contribution in [-0.2, 0) is 11.0 Å². The molecule has 34 heavy (non-hydrogen) atoms. The van der Waals surface area contributed by atoms with Gasteiger partial charge in [0.2, 0.25) is 0 Å². The summed E-state index contributed by atoms with van der Waals surface area (Å²) in [5, 5.41) is 9.80. The Kier molecular flexibility index (Phi) is 7.24. The summed E-state index contributed by atoms with van der Waals surface area (Å²) in [4.78, 5) is 12.0. The molecule has 0 amide bonds. The quantitative estimate of drug-likeness (QED) is 0.276. The van der Waals surface area contributed by atoms with Crippen LogP contribution in [0.1, 0.15) is 37.3 Å². The second-order valence-electron chi connectivity index (χ2n) is 8.12. The first kappa shape index (κ1) is 25.1. The molecule has 0 heterocycles. The summed E-state index contributed by atoms with van der Waals surface area (Å²) < 4.78 is 87.6. The Balaban J connectivity index is 2.28. The first-order valence-electron chi connectivity index (χ1n) is 10.2. The van der Waals surface area contributed by atoms with Crippen molar-refractivity contribution in [2.45, 2.75) is 32.4 Å². The van der Waals surface area contributed by atoms with Gasteiger partial charge in [-0.2, -0.15) is 13.2 Å². The zero-order chi connectivity index (χ0) is 25.2. The van der Waals surface area contributed by atoms with E-state index in [9.17, 15) is 36.2 Å². The van der Waals surface area contributed by atoms with Crippen LogP contribution in [0.2, 0.25) is 0 Å². The Morgan fingerprint density at radius 1 is 0.971 bits per heavy atom. The predicted octanol–water partition coefficient (Wildman–Crippen LogP) is 7.80. The molecular formula is C25H20F6O3. The molecule has 0 aliphatic rings. The SMILES string of the molecule is CC(C)CC(C(=O)O)c1cc(C(F)(F)F)c(Oc2cc(F)c(F)c(F)c2)cc1-c1ccccc1. The molecule has 3 nitrogen and oxygen atoms in total. The topological polar surface area (TPSA) is 46.5 Å². The van der Waals surface area contributed by atoms with E-state index < -0.39 is 52.6 Å². The summed E-state index contributed by atoms with van der Waals surface area (Å²) in [6.45, 7) is 3.50. The van der Waals surface area contributed by atoms with Crippen molar-refractivity contribution in [3.63, 3.8) is 0 Å². The van der Waals surface area contributed by atoms with E-state index in [-0.39, 0.29) is 23.5 Å². The number of alkyl halides is 3. The first-order valence-corrected chi connectivity index (χ1v) is 10.2. The summed E-state index contributed by atoms with van der Waals surface area (Å²) >= 11 is 0. The van der Waals surface area contributed by atoms with Crippen LogP contribution in [0, 0.1) is 23.4 Å². The molecule has 0 bridgehead atoms. The van der Waals surface area contributed by atoms with Gasteiger partial charge in [-0.05, 0) is 41.2 Å². The van der Waals surface area contributed by atoms with Gasteiger partial charge >= 0.3 is 12.1 Å². The maximum atomic E-state index is 14.0. The highest BCUT2D eigenvalue weighted by atomic mass is 19.4. The molecule has 0 radical (unpaired) electrons. The van der Waals surface area contributed by atoms with E-state index in [0.717, 1.165) is 6.07 Å². The van der Waals surface area contributed by atoms with Crippen LogP contribution in [0.3, 0.4) is 0 Å². The number of ether oxygens (including phenoxy) is 1.